The number of hydrogen-bond acceptors (Lipinski definition) is 3. The Morgan fingerprint density at radius 3 is 2.16 bits per heavy atom. The highest BCUT2D eigenvalue weighted by Crippen LogP contribution is 2.54. The summed E-state index contributed by atoms with van der Waals surface area (Å²) < 4.78 is 0. The van der Waals surface area contributed by atoms with E-state index in [2.05, 4.69) is 43.3 Å². The number of ketones is 1. The Hall–Kier alpha value is -3.07. The lowest BCUT2D eigenvalue weighted by Crippen LogP contribution is -2.25. The first-order valence-corrected chi connectivity index (χ1v) is 11.7. The van der Waals surface area contributed by atoms with Gasteiger partial charge in [-0.2, -0.15) is 4.91 Å². The lowest BCUT2D eigenvalue weighted by atomic mass is 9.71. The van der Waals surface area contributed by atoms with Gasteiger partial charge in [0.05, 0.1) is 0 Å². The van der Waals surface area contributed by atoms with Gasteiger partial charge < -0.3 is 0 Å². The molecule has 0 amide bonds. The van der Waals surface area contributed by atoms with Crippen molar-refractivity contribution >= 4 is 5.78 Å². The quantitative estimate of drug-likeness (QED) is 0.272. The minimum absolute atomic E-state index is 0.0724. The molecule has 3 aromatic rings. The van der Waals surface area contributed by atoms with E-state index in [9.17, 15) is 9.70 Å². The van der Waals surface area contributed by atoms with E-state index >= 15 is 0 Å². The third kappa shape index (κ3) is 3.50. The van der Waals surface area contributed by atoms with Crippen LogP contribution in [0.1, 0.15) is 90.7 Å². The maximum absolute atomic E-state index is 13.4. The number of nitrogens with zero attached hydrogens (tertiary/aromatic N) is 1. The number of carbonyl (C=O) groups excluding carboxylic acids is 1. The molecule has 0 N–H and O–H groups in total. The van der Waals surface area contributed by atoms with Crippen LogP contribution in [0.2, 0.25) is 0 Å². The Bertz CT molecular complexity index is 1170. The molecule has 1 atom stereocenters. The number of fused-ring (bicyclic) bond motifs is 3. The summed E-state index contributed by atoms with van der Waals surface area (Å²) >= 11 is 0. The maximum Gasteiger partial charge on any atom is 0.193 e. The number of aryl methyl sites for hydroxylation is 1. The van der Waals surface area contributed by atoms with E-state index in [0.29, 0.717) is 0 Å². The predicted molar refractivity (Wildman–Crippen MR) is 131 cm³/mol. The Kier molecular flexibility index (Phi) is 6.10. The SMILES string of the molecule is CCCC1(CCC)c2cc(C(=O)c3ccccc3C)ccc2-c2ccc(C(C)N=O)cc21. The summed E-state index contributed by atoms with van der Waals surface area (Å²) in [4.78, 5) is 24.6. The molecule has 0 bridgehead atoms. The largest absolute Gasteiger partial charge is 0.289 e. The molecule has 1 aliphatic carbocycles. The summed E-state index contributed by atoms with van der Waals surface area (Å²) in [6.45, 7) is 8.27. The molecule has 164 valence electrons. The highest BCUT2D eigenvalue weighted by molar-refractivity contribution is 6.10. The van der Waals surface area contributed by atoms with Crippen LogP contribution in [-0.2, 0) is 5.41 Å². The molecule has 3 nitrogen and oxygen atoms in total. The molecule has 0 aromatic heterocycles. The van der Waals surface area contributed by atoms with Gasteiger partial charge in [0.15, 0.2) is 5.78 Å². The van der Waals surface area contributed by atoms with Crippen molar-refractivity contribution in [3.8, 4) is 11.1 Å². The minimum atomic E-state index is -0.372. The summed E-state index contributed by atoms with van der Waals surface area (Å²) in [5, 5.41) is 3.26. The zero-order chi connectivity index (χ0) is 22.9. The summed E-state index contributed by atoms with van der Waals surface area (Å²) in [5.74, 6) is 0.0724. The number of hydrogen-bond donors (Lipinski definition) is 0. The third-order valence-corrected chi connectivity index (χ3v) is 7.03. The van der Waals surface area contributed by atoms with Gasteiger partial charge in [-0.3, -0.25) is 4.79 Å². The van der Waals surface area contributed by atoms with Crippen LogP contribution in [0.15, 0.2) is 65.8 Å². The molecule has 0 fully saturated rings. The molecule has 3 heteroatoms. The molecule has 4 rings (SSSR count). The monoisotopic (exact) mass is 425 g/mol. The molecule has 1 unspecified atom stereocenters. The van der Waals surface area contributed by atoms with Crippen molar-refractivity contribution < 1.29 is 4.79 Å². The van der Waals surface area contributed by atoms with Gasteiger partial charge in [-0.25, -0.2) is 0 Å². The average Bonchev–Trinajstić information content (AvgIpc) is 3.07. The lowest BCUT2D eigenvalue weighted by molar-refractivity contribution is 0.103. The molecule has 32 heavy (non-hydrogen) atoms. The van der Waals surface area contributed by atoms with Gasteiger partial charge in [0.2, 0.25) is 0 Å². The Morgan fingerprint density at radius 1 is 0.906 bits per heavy atom. The first-order valence-electron chi connectivity index (χ1n) is 11.7. The molecule has 0 heterocycles. The van der Waals surface area contributed by atoms with Crippen molar-refractivity contribution in [3.63, 3.8) is 0 Å². The second kappa shape index (κ2) is 8.82. The van der Waals surface area contributed by atoms with Crippen molar-refractivity contribution in [2.45, 2.75) is 64.8 Å². The summed E-state index contributed by atoms with van der Waals surface area (Å²) in [7, 11) is 0. The molecule has 0 aliphatic heterocycles. The van der Waals surface area contributed by atoms with Gasteiger partial charge in [-0.15, -0.1) is 0 Å². The van der Waals surface area contributed by atoms with Crippen LogP contribution < -0.4 is 0 Å². The zero-order valence-corrected chi connectivity index (χ0v) is 19.4. The Morgan fingerprint density at radius 2 is 1.53 bits per heavy atom. The number of benzene rings is 3. The van der Waals surface area contributed by atoms with E-state index in [1.807, 2.05) is 50.2 Å². The summed E-state index contributed by atoms with van der Waals surface area (Å²) in [6, 6.07) is 20.0. The van der Waals surface area contributed by atoms with E-state index < -0.39 is 0 Å². The highest BCUT2D eigenvalue weighted by Gasteiger charge is 2.42. The third-order valence-electron chi connectivity index (χ3n) is 7.03. The van der Waals surface area contributed by atoms with Crippen LogP contribution in [-0.4, -0.2) is 5.78 Å². The van der Waals surface area contributed by atoms with Gasteiger partial charge in [0, 0.05) is 16.5 Å². The first-order chi connectivity index (χ1) is 15.5. The zero-order valence-electron chi connectivity index (χ0n) is 19.4. The normalized spacial score (nSPS) is 14.5. The fourth-order valence-electron chi connectivity index (χ4n) is 5.48. The molecule has 1 aliphatic rings. The van der Waals surface area contributed by atoms with E-state index in [1.54, 1.807) is 0 Å². The van der Waals surface area contributed by atoms with Crippen molar-refractivity contribution in [1.82, 2.24) is 0 Å². The fraction of sp³-hybridized carbons (Fsp3) is 0.345. The molecule has 0 radical (unpaired) electrons. The molecule has 0 saturated heterocycles. The van der Waals surface area contributed by atoms with Crippen molar-refractivity contribution in [3.05, 3.63) is 99.0 Å². The summed E-state index contributed by atoms with van der Waals surface area (Å²) in [6.07, 6.45) is 4.10. The van der Waals surface area contributed by atoms with E-state index in [1.165, 1.54) is 22.3 Å². The Balaban J connectivity index is 1.91. The van der Waals surface area contributed by atoms with Crippen molar-refractivity contribution in [2.24, 2.45) is 5.18 Å². The fourth-order valence-corrected chi connectivity index (χ4v) is 5.48. The predicted octanol–water partition coefficient (Wildman–Crippen LogP) is 7.92. The van der Waals surface area contributed by atoms with E-state index in [4.69, 9.17) is 0 Å². The molecule has 3 aromatic carbocycles. The van der Waals surface area contributed by atoms with Gasteiger partial charge in [-0.05, 0) is 66.1 Å². The van der Waals surface area contributed by atoms with Crippen LogP contribution in [0, 0.1) is 11.8 Å². The smallest absolute Gasteiger partial charge is 0.193 e. The molecule has 0 spiro atoms. The number of carbonyl (C=O) groups is 1. The number of rotatable bonds is 8. The van der Waals surface area contributed by atoms with Crippen LogP contribution in [0.4, 0.5) is 0 Å². The van der Waals surface area contributed by atoms with Gasteiger partial charge in [-0.1, -0.05) is 86.5 Å². The minimum Gasteiger partial charge on any atom is -0.289 e. The number of nitroso groups, excluding NO2 is 1. The lowest BCUT2D eigenvalue weighted by Gasteiger charge is -2.32. The van der Waals surface area contributed by atoms with Crippen LogP contribution in [0.3, 0.4) is 0 Å². The topological polar surface area (TPSA) is 46.5 Å². The second-order valence-corrected chi connectivity index (χ2v) is 9.07. The van der Waals surface area contributed by atoms with Crippen LogP contribution in [0.5, 0.6) is 0 Å². The van der Waals surface area contributed by atoms with Crippen molar-refractivity contribution in [1.29, 1.82) is 0 Å². The maximum atomic E-state index is 13.4. The molecule has 0 saturated carbocycles. The van der Waals surface area contributed by atoms with E-state index in [0.717, 1.165) is 47.9 Å². The summed E-state index contributed by atoms with van der Waals surface area (Å²) in [5.41, 5.74) is 8.27. The molecular formula is C29H31NO2. The first kappa shape index (κ1) is 22.1. The van der Waals surface area contributed by atoms with Gasteiger partial charge in [0.25, 0.3) is 0 Å². The molecular weight excluding hydrogens is 394 g/mol. The van der Waals surface area contributed by atoms with Gasteiger partial charge in [0.1, 0.15) is 6.04 Å². The second-order valence-electron chi connectivity index (χ2n) is 9.07. The van der Waals surface area contributed by atoms with E-state index in [-0.39, 0.29) is 17.2 Å². The van der Waals surface area contributed by atoms with Crippen LogP contribution >= 0.6 is 0 Å². The average molecular weight is 426 g/mol. The highest BCUT2D eigenvalue weighted by atomic mass is 16.3. The van der Waals surface area contributed by atoms with Gasteiger partial charge >= 0.3 is 0 Å². The van der Waals surface area contributed by atoms with Crippen molar-refractivity contribution in [2.75, 3.05) is 0 Å². The Labute approximate surface area is 190 Å². The standard InChI is InChI=1S/C29H31NO2/c1-5-15-29(16-6-2)26-17-21(20(4)30-32)11-13-24(26)25-14-12-22(18-27(25)29)28(31)23-10-8-7-9-19(23)3/h7-14,17-18,20H,5-6,15-16H2,1-4H3. The van der Waals surface area contributed by atoms with Crippen LogP contribution in [0.25, 0.3) is 11.1 Å².